The summed E-state index contributed by atoms with van der Waals surface area (Å²) < 4.78 is 22.1. The lowest BCUT2D eigenvalue weighted by Gasteiger charge is -2.05. The van der Waals surface area contributed by atoms with E-state index in [1.54, 1.807) is 0 Å². The SMILES string of the molecule is CCCCCCCCCCCCCCCCCCCCCCCCCCCCCCCCCCCCSS(C)(=O)=O. The molecule has 0 atom stereocenters. The summed E-state index contributed by atoms with van der Waals surface area (Å²) in [6.07, 6.45) is 49.8. The monoisotopic (exact) mass is 617 g/mol. The van der Waals surface area contributed by atoms with Crippen molar-refractivity contribution in [3.05, 3.63) is 0 Å². The normalized spacial score (nSPS) is 12.0. The average molecular weight is 617 g/mol. The minimum atomic E-state index is -2.84. The van der Waals surface area contributed by atoms with E-state index in [1.807, 2.05) is 0 Å². The Morgan fingerprint density at radius 2 is 0.488 bits per heavy atom. The molecule has 41 heavy (non-hydrogen) atoms. The molecule has 0 aliphatic rings. The fraction of sp³-hybridized carbons (Fsp3) is 1.00. The lowest BCUT2D eigenvalue weighted by Crippen LogP contribution is -1.91. The largest absolute Gasteiger partial charge is 0.218 e. The van der Waals surface area contributed by atoms with E-state index in [2.05, 4.69) is 6.92 Å². The molecule has 0 rings (SSSR count). The van der Waals surface area contributed by atoms with E-state index < -0.39 is 8.87 Å². The molecule has 0 aliphatic heterocycles. The summed E-state index contributed by atoms with van der Waals surface area (Å²) in [6.45, 7) is 2.30. The molecule has 0 N–H and O–H groups in total. The van der Waals surface area contributed by atoms with Gasteiger partial charge in [0.25, 0.3) is 0 Å². The first-order valence-corrected chi connectivity index (χ1v) is 22.3. The smallest absolute Gasteiger partial charge is 0.198 e. The van der Waals surface area contributed by atoms with E-state index in [-0.39, 0.29) is 0 Å². The second-order valence-corrected chi connectivity index (χ2v) is 17.8. The summed E-state index contributed by atoms with van der Waals surface area (Å²) >= 11 is 0. The predicted octanol–water partition coefficient (Wildman–Crippen LogP) is 14.0. The lowest BCUT2D eigenvalue weighted by atomic mass is 10.0. The molecule has 0 saturated heterocycles. The fourth-order valence-corrected chi connectivity index (χ4v) is 7.93. The highest BCUT2D eigenvalue weighted by Gasteiger charge is 2.01. The van der Waals surface area contributed by atoms with Crippen molar-refractivity contribution in [1.82, 2.24) is 0 Å². The van der Waals surface area contributed by atoms with Crippen LogP contribution in [0.2, 0.25) is 0 Å². The number of rotatable bonds is 36. The van der Waals surface area contributed by atoms with Gasteiger partial charge in [-0.3, -0.25) is 0 Å². The van der Waals surface area contributed by atoms with E-state index in [0.717, 1.165) is 23.0 Å². The topological polar surface area (TPSA) is 34.1 Å². The summed E-state index contributed by atoms with van der Waals surface area (Å²) in [5.41, 5.74) is 0. The van der Waals surface area contributed by atoms with E-state index in [9.17, 15) is 8.42 Å². The molecule has 0 aliphatic carbocycles. The minimum absolute atomic E-state index is 0.762. The molecular weight excluding hydrogens is 541 g/mol. The molecule has 0 aromatic carbocycles. The second kappa shape index (κ2) is 34.8. The molecule has 0 spiro atoms. The number of hydrogen-bond acceptors (Lipinski definition) is 3. The Balaban J connectivity index is 3.05. The Kier molecular flexibility index (Phi) is 35.0. The molecule has 4 heteroatoms. The molecule has 0 bridgehead atoms. The number of unbranched alkanes of at least 4 members (excludes halogenated alkanes) is 33. The third kappa shape index (κ3) is 40.3. The van der Waals surface area contributed by atoms with Crippen LogP contribution in [0.15, 0.2) is 0 Å². The maximum absolute atomic E-state index is 11.1. The Labute approximate surface area is 264 Å². The molecule has 248 valence electrons. The first-order chi connectivity index (χ1) is 20.1. The van der Waals surface area contributed by atoms with Gasteiger partial charge < -0.3 is 0 Å². The standard InChI is InChI=1S/C37H76O2S2/c1-3-4-5-6-7-8-9-10-11-12-13-14-15-16-17-18-19-20-21-22-23-24-25-26-27-28-29-30-31-32-33-34-35-36-37-40-41(2,38)39/h3-37H2,1-2H3. The second-order valence-electron chi connectivity index (χ2n) is 13.2. The van der Waals surface area contributed by atoms with Gasteiger partial charge in [-0.15, -0.1) is 0 Å². The highest BCUT2D eigenvalue weighted by atomic mass is 33.1. The van der Waals surface area contributed by atoms with Gasteiger partial charge in [-0.05, 0) is 17.2 Å². The molecule has 0 radical (unpaired) electrons. The van der Waals surface area contributed by atoms with Crippen LogP contribution in [0.3, 0.4) is 0 Å². The summed E-state index contributed by atoms with van der Waals surface area (Å²) in [6, 6.07) is 0. The number of hydrogen-bond donors (Lipinski definition) is 0. The summed E-state index contributed by atoms with van der Waals surface area (Å²) in [4.78, 5) is 0. The summed E-state index contributed by atoms with van der Waals surface area (Å²) in [5, 5.41) is 0. The van der Waals surface area contributed by atoms with Crippen LogP contribution in [-0.2, 0) is 8.87 Å². The molecule has 0 fully saturated rings. The molecule has 2 nitrogen and oxygen atoms in total. The zero-order valence-electron chi connectivity index (χ0n) is 28.4. The van der Waals surface area contributed by atoms with Crippen LogP contribution in [0, 0.1) is 0 Å². The van der Waals surface area contributed by atoms with E-state index in [1.165, 1.54) is 218 Å². The maximum Gasteiger partial charge on any atom is 0.198 e. The Bertz CT molecular complexity index is 575. The molecule has 0 saturated carbocycles. The zero-order valence-corrected chi connectivity index (χ0v) is 30.0. The van der Waals surface area contributed by atoms with Gasteiger partial charge >= 0.3 is 0 Å². The van der Waals surface area contributed by atoms with E-state index in [4.69, 9.17) is 0 Å². The quantitative estimate of drug-likeness (QED) is 0.0518. The first-order valence-electron chi connectivity index (χ1n) is 18.9. The summed E-state index contributed by atoms with van der Waals surface area (Å²) in [5.74, 6) is 0.762. The van der Waals surface area contributed by atoms with Crippen molar-refractivity contribution in [2.75, 3.05) is 12.0 Å². The van der Waals surface area contributed by atoms with Gasteiger partial charge in [0.2, 0.25) is 0 Å². The highest BCUT2D eigenvalue weighted by Crippen LogP contribution is 2.18. The van der Waals surface area contributed by atoms with Crippen LogP contribution in [0.25, 0.3) is 0 Å². The third-order valence-electron chi connectivity index (χ3n) is 8.80. The molecule has 0 aromatic rings. The minimum Gasteiger partial charge on any atom is -0.218 e. The van der Waals surface area contributed by atoms with Gasteiger partial charge in [-0.2, -0.15) is 0 Å². The molecule has 0 heterocycles. The van der Waals surface area contributed by atoms with Gasteiger partial charge in [0, 0.05) is 12.0 Å². The lowest BCUT2D eigenvalue weighted by molar-refractivity contribution is 0.511. The van der Waals surface area contributed by atoms with Crippen molar-refractivity contribution < 1.29 is 8.42 Å². The molecule has 0 amide bonds. The maximum atomic E-state index is 11.1. The van der Waals surface area contributed by atoms with Crippen LogP contribution >= 0.6 is 10.8 Å². The highest BCUT2D eigenvalue weighted by molar-refractivity contribution is 8.71. The predicted molar refractivity (Wildman–Crippen MR) is 190 cm³/mol. The van der Waals surface area contributed by atoms with Crippen LogP contribution in [0.5, 0.6) is 0 Å². The Morgan fingerprint density at radius 1 is 0.317 bits per heavy atom. The van der Waals surface area contributed by atoms with E-state index in [0.29, 0.717) is 0 Å². The summed E-state index contributed by atoms with van der Waals surface area (Å²) in [7, 11) is -1.74. The van der Waals surface area contributed by atoms with Crippen LogP contribution in [0.1, 0.15) is 225 Å². The van der Waals surface area contributed by atoms with Gasteiger partial charge in [0.05, 0.1) is 0 Å². The van der Waals surface area contributed by atoms with Crippen molar-refractivity contribution in [1.29, 1.82) is 0 Å². The van der Waals surface area contributed by atoms with Crippen LogP contribution < -0.4 is 0 Å². The van der Waals surface area contributed by atoms with Crippen molar-refractivity contribution in [2.45, 2.75) is 225 Å². The Hall–Kier alpha value is 0.300. The van der Waals surface area contributed by atoms with Crippen LogP contribution in [0.4, 0.5) is 0 Å². The van der Waals surface area contributed by atoms with Crippen molar-refractivity contribution in [3.8, 4) is 0 Å². The fourth-order valence-electron chi connectivity index (χ4n) is 6.04. The zero-order chi connectivity index (χ0) is 30.0. The van der Waals surface area contributed by atoms with Gasteiger partial charge in [0.15, 0.2) is 8.87 Å². The van der Waals surface area contributed by atoms with Crippen molar-refractivity contribution in [2.24, 2.45) is 0 Å². The van der Waals surface area contributed by atoms with Crippen LogP contribution in [-0.4, -0.2) is 20.4 Å². The molecule has 0 unspecified atom stereocenters. The first kappa shape index (κ1) is 41.3. The van der Waals surface area contributed by atoms with Gasteiger partial charge in [-0.1, -0.05) is 219 Å². The van der Waals surface area contributed by atoms with E-state index >= 15 is 0 Å². The average Bonchev–Trinajstić information content (AvgIpc) is 2.94. The van der Waals surface area contributed by atoms with Gasteiger partial charge in [0.1, 0.15) is 0 Å². The van der Waals surface area contributed by atoms with Gasteiger partial charge in [-0.25, -0.2) is 8.42 Å². The van der Waals surface area contributed by atoms with Crippen molar-refractivity contribution >= 4 is 19.7 Å². The Morgan fingerprint density at radius 3 is 0.659 bits per heavy atom. The third-order valence-corrected chi connectivity index (χ3v) is 11.5. The van der Waals surface area contributed by atoms with Crippen molar-refractivity contribution in [3.63, 3.8) is 0 Å². The molecular formula is C37H76O2S2. The molecule has 0 aromatic heterocycles.